The van der Waals surface area contributed by atoms with Gasteiger partial charge in [-0.3, -0.25) is 15.1 Å². The molecular weight excluding hydrogens is 424 g/mol. The van der Waals surface area contributed by atoms with Crippen molar-refractivity contribution in [2.45, 2.75) is 0 Å². The number of halogens is 1. The summed E-state index contributed by atoms with van der Waals surface area (Å²) in [7, 11) is 1.60. The molecular formula is C17H15ClN4O4S2. The first kappa shape index (κ1) is 20.2. The van der Waals surface area contributed by atoms with Gasteiger partial charge in [-0.1, -0.05) is 17.7 Å². The summed E-state index contributed by atoms with van der Waals surface area (Å²) in [6.07, 6.45) is 1.33. The van der Waals surface area contributed by atoms with Gasteiger partial charge in [0.25, 0.3) is 0 Å². The van der Waals surface area contributed by atoms with Gasteiger partial charge in [0.15, 0.2) is 0 Å². The van der Waals surface area contributed by atoms with Crippen molar-refractivity contribution in [3.63, 3.8) is 0 Å². The number of aromatic nitrogens is 1. The van der Waals surface area contributed by atoms with E-state index in [4.69, 9.17) is 16.3 Å². The molecule has 0 saturated heterocycles. The van der Waals surface area contributed by atoms with Crippen LogP contribution in [-0.2, 0) is 4.74 Å². The lowest BCUT2D eigenvalue weighted by atomic mass is 10.2. The van der Waals surface area contributed by atoms with E-state index in [1.54, 1.807) is 23.1 Å². The van der Waals surface area contributed by atoms with Crippen LogP contribution >= 0.6 is 34.3 Å². The van der Waals surface area contributed by atoms with Gasteiger partial charge in [-0.25, -0.2) is 4.68 Å². The van der Waals surface area contributed by atoms with Gasteiger partial charge in [-0.2, -0.15) is 5.10 Å². The van der Waals surface area contributed by atoms with Gasteiger partial charge in [0.05, 0.1) is 34.9 Å². The predicted molar refractivity (Wildman–Crippen MR) is 111 cm³/mol. The van der Waals surface area contributed by atoms with Gasteiger partial charge < -0.3 is 9.84 Å². The van der Waals surface area contributed by atoms with Crippen LogP contribution in [0.15, 0.2) is 45.1 Å². The second-order valence-corrected chi connectivity index (χ2v) is 7.65. The van der Waals surface area contributed by atoms with E-state index < -0.39 is 16.4 Å². The first-order valence-electron chi connectivity index (χ1n) is 7.96. The molecule has 1 N–H and O–H groups in total. The molecule has 0 spiro atoms. The third kappa shape index (κ3) is 4.47. The number of nitro benzene ring substituents is 1. The van der Waals surface area contributed by atoms with Crippen LogP contribution in [-0.4, -0.2) is 41.2 Å². The molecule has 2 aromatic heterocycles. The maximum absolute atomic E-state index is 11.1. The van der Waals surface area contributed by atoms with Crippen molar-refractivity contribution >= 4 is 46.2 Å². The Morgan fingerprint density at radius 2 is 2.25 bits per heavy atom. The molecule has 0 aliphatic heterocycles. The molecule has 0 bridgehead atoms. The Hall–Kier alpha value is -2.53. The molecule has 3 rings (SSSR count). The van der Waals surface area contributed by atoms with E-state index in [9.17, 15) is 15.2 Å². The molecule has 3 aromatic rings. The minimum Gasteiger partial charge on any atom is -0.502 e. The first-order valence-corrected chi connectivity index (χ1v) is 10.1. The number of ether oxygens (including phenoxy) is 1. The lowest BCUT2D eigenvalue weighted by Gasteiger charge is -2.03. The monoisotopic (exact) mass is 438 g/mol. The number of thiophene rings is 1. The summed E-state index contributed by atoms with van der Waals surface area (Å²) in [6.45, 7) is 0.932. The molecule has 8 nitrogen and oxygen atoms in total. The summed E-state index contributed by atoms with van der Waals surface area (Å²) in [5.74, 6) is -0.496. The van der Waals surface area contributed by atoms with Crippen LogP contribution in [0.5, 0.6) is 5.75 Å². The summed E-state index contributed by atoms with van der Waals surface area (Å²) in [5.41, 5.74) is 0.481. The lowest BCUT2D eigenvalue weighted by Crippen LogP contribution is -2.13. The summed E-state index contributed by atoms with van der Waals surface area (Å²) in [4.78, 5) is 16.5. The van der Waals surface area contributed by atoms with Crippen molar-refractivity contribution in [2.75, 3.05) is 20.3 Å². The number of phenols is 1. The third-order valence-corrected chi connectivity index (χ3v) is 5.56. The Kier molecular flexibility index (Phi) is 6.57. The van der Waals surface area contributed by atoms with Gasteiger partial charge in [-0.05, 0) is 17.5 Å². The number of methoxy groups -OCH3 is 1. The Bertz CT molecular complexity index is 1070. The molecule has 2 heterocycles. The topological polar surface area (TPSA) is 102 Å². The number of thiazole rings is 1. The maximum atomic E-state index is 11.1. The molecule has 0 saturated carbocycles. The van der Waals surface area contributed by atoms with Crippen LogP contribution in [0.1, 0.15) is 5.56 Å². The summed E-state index contributed by atoms with van der Waals surface area (Å²) in [5, 5.41) is 29.7. The van der Waals surface area contributed by atoms with Gasteiger partial charge in [0, 0.05) is 29.1 Å². The van der Waals surface area contributed by atoms with E-state index in [-0.39, 0.29) is 10.6 Å². The normalized spacial score (nSPS) is 12.1. The van der Waals surface area contributed by atoms with Crippen LogP contribution < -0.4 is 4.80 Å². The highest BCUT2D eigenvalue weighted by Crippen LogP contribution is 2.32. The number of rotatable bonds is 7. The highest BCUT2D eigenvalue weighted by molar-refractivity contribution is 7.14. The lowest BCUT2D eigenvalue weighted by molar-refractivity contribution is -0.385. The predicted octanol–water partition coefficient (Wildman–Crippen LogP) is 3.97. The van der Waals surface area contributed by atoms with Crippen LogP contribution in [0, 0.1) is 10.1 Å². The minimum absolute atomic E-state index is 0.129. The summed E-state index contributed by atoms with van der Waals surface area (Å²) in [6, 6.07) is 6.39. The van der Waals surface area contributed by atoms with Crippen LogP contribution in [0.25, 0.3) is 10.6 Å². The molecule has 146 valence electrons. The molecule has 0 aliphatic carbocycles. The molecule has 28 heavy (non-hydrogen) atoms. The largest absolute Gasteiger partial charge is 0.502 e. The fraction of sp³-hybridized carbons (Fsp3) is 0.176. The van der Waals surface area contributed by atoms with Crippen LogP contribution in [0.4, 0.5) is 5.69 Å². The SMILES string of the molecule is COCCN=c1scc(-c2cccs2)n1N=Cc1cc(Cl)cc([N+](=O)[O-])c1O. The van der Waals surface area contributed by atoms with Crippen LogP contribution in [0.3, 0.4) is 0 Å². The van der Waals surface area contributed by atoms with Gasteiger partial charge in [0.1, 0.15) is 0 Å². The van der Waals surface area contributed by atoms with Crippen molar-refractivity contribution in [2.24, 2.45) is 10.1 Å². The average Bonchev–Trinajstić information content (AvgIpc) is 3.31. The first-order chi connectivity index (χ1) is 13.5. The zero-order chi connectivity index (χ0) is 20.1. The quantitative estimate of drug-likeness (QED) is 0.261. The molecule has 0 fully saturated rings. The molecule has 0 radical (unpaired) electrons. The van der Waals surface area contributed by atoms with E-state index in [0.717, 1.165) is 16.6 Å². The van der Waals surface area contributed by atoms with Gasteiger partial charge >= 0.3 is 5.69 Å². The number of phenolic OH excluding ortho intramolecular Hbond substituents is 1. The molecule has 0 unspecified atom stereocenters. The van der Waals surface area contributed by atoms with Crippen molar-refractivity contribution < 1.29 is 14.8 Å². The summed E-state index contributed by atoms with van der Waals surface area (Å²) < 4.78 is 6.65. The highest BCUT2D eigenvalue weighted by atomic mass is 35.5. The number of benzene rings is 1. The van der Waals surface area contributed by atoms with E-state index in [1.165, 1.54) is 23.6 Å². The number of nitro groups is 1. The molecule has 11 heteroatoms. The standard InChI is InChI=1S/C17H15ClN4O4S2/c1-26-5-4-19-17-21(14(10-28-17)15-3-2-6-27-15)20-9-11-7-12(18)8-13(16(11)23)22(24)25/h2-3,6-10,23H,4-5H2,1H3. The highest BCUT2D eigenvalue weighted by Gasteiger charge is 2.18. The number of hydrogen-bond acceptors (Lipinski definition) is 8. The molecule has 0 atom stereocenters. The molecule has 0 amide bonds. The van der Waals surface area contributed by atoms with Crippen molar-refractivity contribution in [3.8, 4) is 16.3 Å². The minimum atomic E-state index is -0.696. The van der Waals surface area contributed by atoms with Gasteiger partial charge in [-0.15, -0.1) is 22.7 Å². The fourth-order valence-corrected chi connectivity index (χ4v) is 4.19. The average molecular weight is 439 g/mol. The van der Waals surface area contributed by atoms with E-state index in [0.29, 0.717) is 18.0 Å². The van der Waals surface area contributed by atoms with E-state index >= 15 is 0 Å². The third-order valence-electron chi connectivity index (χ3n) is 3.59. The van der Waals surface area contributed by atoms with Crippen molar-refractivity contribution in [1.82, 2.24) is 4.68 Å². The summed E-state index contributed by atoms with van der Waals surface area (Å²) >= 11 is 8.91. The number of hydrogen-bond donors (Lipinski definition) is 1. The number of aromatic hydroxyl groups is 1. The smallest absolute Gasteiger partial charge is 0.312 e. The van der Waals surface area contributed by atoms with Crippen molar-refractivity contribution in [1.29, 1.82) is 0 Å². The molecule has 1 aromatic carbocycles. The Labute approximate surface area is 172 Å². The van der Waals surface area contributed by atoms with E-state index in [1.807, 2.05) is 22.9 Å². The van der Waals surface area contributed by atoms with Crippen LogP contribution in [0.2, 0.25) is 5.02 Å². The molecule has 0 aliphatic rings. The fourth-order valence-electron chi connectivity index (χ4n) is 2.31. The second kappa shape index (κ2) is 9.11. The Balaban J connectivity index is 2.07. The van der Waals surface area contributed by atoms with Crippen molar-refractivity contribution in [3.05, 3.63) is 60.5 Å². The Morgan fingerprint density at radius 1 is 1.43 bits per heavy atom. The van der Waals surface area contributed by atoms with E-state index in [2.05, 4.69) is 10.1 Å². The van der Waals surface area contributed by atoms with Gasteiger partial charge in [0.2, 0.25) is 10.6 Å². The zero-order valence-corrected chi connectivity index (χ0v) is 17.0. The number of nitrogens with zero attached hydrogens (tertiary/aromatic N) is 4. The zero-order valence-electron chi connectivity index (χ0n) is 14.6. The maximum Gasteiger partial charge on any atom is 0.312 e. The second-order valence-electron chi connectivity index (χ2n) is 5.43. The Morgan fingerprint density at radius 3 is 2.93 bits per heavy atom.